The van der Waals surface area contributed by atoms with Crippen LogP contribution in [0.4, 0.5) is 13.2 Å². The summed E-state index contributed by atoms with van der Waals surface area (Å²) in [5, 5.41) is 7.19. The monoisotopic (exact) mass is 943 g/mol. The van der Waals surface area contributed by atoms with Gasteiger partial charge in [0.25, 0.3) is 0 Å². The maximum atomic E-state index is 12.9. The van der Waals surface area contributed by atoms with Gasteiger partial charge in [0.2, 0.25) is 11.8 Å². The molecule has 0 aliphatic carbocycles. The van der Waals surface area contributed by atoms with Crippen LogP contribution in [-0.4, -0.2) is 160 Å². The summed E-state index contributed by atoms with van der Waals surface area (Å²) < 4.78 is 103. The molecule has 25 heteroatoms. The maximum Gasteiger partial charge on any atom is 0.471 e. The summed E-state index contributed by atoms with van der Waals surface area (Å²) in [7, 11) is 0. The van der Waals surface area contributed by atoms with Crippen molar-refractivity contribution in [2.24, 2.45) is 17.8 Å². The number of ether oxygens (including phenoxy) is 11. The van der Waals surface area contributed by atoms with E-state index in [1.807, 2.05) is 0 Å². The minimum atomic E-state index is -5.10. The van der Waals surface area contributed by atoms with Crippen LogP contribution in [0.3, 0.4) is 0 Å². The van der Waals surface area contributed by atoms with E-state index in [9.17, 15) is 51.5 Å². The zero-order chi connectivity index (χ0) is 48.9. The molecule has 3 N–H and O–H groups in total. The second kappa shape index (κ2) is 24.7. The van der Waals surface area contributed by atoms with Gasteiger partial charge in [0.15, 0.2) is 25.0 Å². The third kappa shape index (κ3) is 16.6. The third-order valence-electron chi connectivity index (χ3n) is 10.5. The Bertz CT molecular complexity index is 1680. The number of rotatable bonds is 19. The molecule has 3 aliphatic heterocycles. The van der Waals surface area contributed by atoms with E-state index < -0.39 is 165 Å². The third-order valence-corrected chi connectivity index (χ3v) is 10.5. The molecular weight excluding hydrogens is 883 g/mol. The minimum Gasteiger partial charge on any atom is -0.463 e. The van der Waals surface area contributed by atoms with E-state index in [4.69, 9.17) is 52.1 Å². The van der Waals surface area contributed by atoms with Gasteiger partial charge in [0.05, 0.1) is 24.8 Å². The van der Waals surface area contributed by atoms with Gasteiger partial charge in [-0.25, -0.2) is 0 Å². The molecule has 0 saturated carbocycles. The molecule has 3 amide bonds. The van der Waals surface area contributed by atoms with Crippen molar-refractivity contribution in [2.75, 3.05) is 33.0 Å². The van der Waals surface area contributed by atoms with Crippen LogP contribution < -0.4 is 16.0 Å². The van der Waals surface area contributed by atoms with Crippen LogP contribution in [0.1, 0.15) is 75.7 Å². The molecule has 3 saturated heterocycles. The molecule has 370 valence electrons. The minimum absolute atomic E-state index is 0.109. The van der Waals surface area contributed by atoms with E-state index in [-0.39, 0.29) is 19.6 Å². The van der Waals surface area contributed by atoms with E-state index in [1.54, 1.807) is 26.1 Å². The molecule has 0 aromatic rings. The lowest BCUT2D eigenvalue weighted by Crippen LogP contribution is -2.66. The van der Waals surface area contributed by atoms with Crippen LogP contribution in [0.2, 0.25) is 0 Å². The standard InChI is InChI=1S/C40H60F3N3O19/c1-17-27(14-56-22(6)49)61-38(35(60-26(10)53)34(17)65-37-31(46-21(5)48)19(3)32(59-25(9)52)28(63-37)15-57-23(7)50)64-33-18(2)30(45-20(4)47)36(62-29(33)16-58-24(8)51)55-13-11-12-44-39(54)40(41,42)43/h17-19,27-38H,11-16H2,1-10H3,(H,44,54)(H,45,47)(H,46,48)/t17-,18+,19+,27?,28?,29?,30?,31?,32+,33-,34-,35?,36+,37-,38-/m0/s1. The number of alkyl halides is 3. The lowest BCUT2D eigenvalue weighted by atomic mass is 9.86. The highest BCUT2D eigenvalue weighted by molar-refractivity contribution is 5.81. The Morgan fingerprint density at radius 1 is 0.523 bits per heavy atom. The molecule has 6 unspecified atom stereocenters. The average molecular weight is 944 g/mol. The van der Waals surface area contributed by atoms with E-state index in [0.717, 1.165) is 34.6 Å². The van der Waals surface area contributed by atoms with Gasteiger partial charge in [-0.1, -0.05) is 20.8 Å². The molecule has 0 aromatic heterocycles. The highest BCUT2D eigenvalue weighted by atomic mass is 19.4. The molecule has 22 nitrogen and oxygen atoms in total. The molecule has 65 heavy (non-hydrogen) atoms. The number of hydrogen-bond donors (Lipinski definition) is 3. The van der Waals surface area contributed by atoms with Gasteiger partial charge in [-0.3, -0.25) is 38.4 Å². The zero-order valence-corrected chi connectivity index (χ0v) is 37.8. The van der Waals surface area contributed by atoms with Crippen molar-refractivity contribution in [3.8, 4) is 0 Å². The van der Waals surface area contributed by atoms with Crippen molar-refractivity contribution >= 4 is 47.6 Å². The maximum absolute atomic E-state index is 12.9. The molecule has 3 fully saturated rings. The van der Waals surface area contributed by atoms with Gasteiger partial charge in [-0.05, 0) is 6.42 Å². The normalized spacial score (nSPS) is 32.5. The van der Waals surface area contributed by atoms with E-state index >= 15 is 0 Å². The Hall–Kier alpha value is -4.69. The molecule has 3 heterocycles. The number of carbonyl (C=O) groups excluding carboxylic acids is 8. The van der Waals surface area contributed by atoms with Crippen molar-refractivity contribution in [3.05, 3.63) is 0 Å². The second-order valence-electron chi connectivity index (χ2n) is 15.9. The first-order valence-electron chi connectivity index (χ1n) is 20.8. The van der Waals surface area contributed by atoms with Crippen LogP contribution in [0.5, 0.6) is 0 Å². The molecule has 0 bridgehead atoms. The van der Waals surface area contributed by atoms with Crippen LogP contribution >= 0.6 is 0 Å². The van der Waals surface area contributed by atoms with Crippen molar-refractivity contribution in [3.63, 3.8) is 0 Å². The Balaban J connectivity index is 2.07. The molecule has 3 rings (SSSR count). The lowest BCUT2D eigenvalue weighted by molar-refractivity contribution is -0.358. The molecule has 0 radical (unpaired) electrons. The Kier molecular flexibility index (Phi) is 20.8. The fourth-order valence-electron chi connectivity index (χ4n) is 7.57. The van der Waals surface area contributed by atoms with Gasteiger partial charge in [0, 0.05) is 72.8 Å². The lowest BCUT2D eigenvalue weighted by Gasteiger charge is -2.51. The number of nitrogens with one attached hydrogen (secondary N) is 3. The Morgan fingerprint density at radius 3 is 1.45 bits per heavy atom. The summed E-state index contributed by atoms with van der Waals surface area (Å²) in [6, 6.07) is -2.11. The summed E-state index contributed by atoms with van der Waals surface area (Å²) in [5.74, 6) is -9.28. The summed E-state index contributed by atoms with van der Waals surface area (Å²) in [5.41, 5.74) is 0. The predicted octanol–water partition coefficient (Wildman–Crippen LogP) is 0.487. The zero-order valence-electron chi connectivity index (χ0n) is 37.8. The first-order valence-corrected chi connectivity index (χ1v) is 20.8. The van der Waals surface area contributed by atoms with Crippen molar-refractivity contribution < 1.29 is 104 Å². The van der Waals surface area contributed by atoms with E-state index in [2.05, 4.69) is 10.6 Å². The molecule has 15 atom stereocenters. The van der Waals surface area contributed by atoms with E-state index in [1.165, 1.54) is 13.8 Å². The van der Waals surface area contributed by atoms with E-state index in [0.29, 0.717) is 0 Å². The first kappa shape index (κ1) is 54.6. The summed E-state index contributed by atoms with van der Waals surface area (Å²) in [4.78, 5) is 97.5. The van der Waals surface area contributed by atoms with Crippen LogP contribution in [-0.2, 0) is 90.5 Å². The molecule has 0 aromatic carbocycles. The molecule has 3 aliphatic rings. The average Bonchev–Trinajstić information content (AvgIpc) is 3.18. The largest absolute Gasteiger partial charge is 0.471 e. The van der Waals surface area contributed by atoms with Gasteiger partial charge >= 0.3 is 41.9 Å². The van der Waals surface area contributed by atoms with Crippen molar-refractivity contribution in [1.29, 1.82) is 0 Å². The SMILES string of the molecule is CC(=O)NC1[C@H](OCCCNC(=O)C(F)(F)F)OC(COC(C)=O)[C@@H](O[C@@H]2OC(COC(C)=O)[C@H](C)[C@H](O[C@@H]3OC(COC(C)=O)[C@H](OC(C)=O)[C@H](C)C3NC(C)=O)C2OC(C)=O)[C@@H]1C. The number of carbonyl (C=O) groups is 8. The van der Waals surface area contributed by atoms with Crippen LogP contribution in [0.15, 0.2) is 0 Å². The van der Waals surface area contributed by atoms with Crippen molar-refractivity contribution in [2.45, 2.75) is 156 Å². The number of esters is 5. The van der Waals surface area contributed by atoms with Crippen LogP contribution in [0, 0.1) is 17.8 Å². The summed E-state index contributed by atoms with van der Waals surface area (Å²) in [6.07, 6.45) is -18.1. The van der Waals surface area contributed by atoms with Gasteiger partial charge in [0.1, 0.15) is 50.3 Å². The summed E-state index contributed by atoms with van der Waals surface area (Å²) >= 11 is 0. The quantitative estimate of drug-likeness (QED) is 0.0903. The number of halogens is 3. The fourth-order valence-corrected chi connectivity index (χ4v) is 7.57. The second-order valence-corrected chi connectivity index (χ2v) is 15.9. The predicted molar refractivity (Wildman–Crippen MR) is 209 cm³/mol. The Morgan fingerprint density at radius 2 is 0.954 bits per heavy atom. The van der Waals surface area contributed by atoms with Crippen molar-refractivity contribution in [1.82, 2.24) is 16.0 Å². The number of amides is 3. The highest BCUT2D eigenvalue weighted by Crippen LogP contribution is 2.39. The van der Waals surface area contributed by atoms with Gasteiger partial charge in [-0.2, -0.15) is 13.2 Å². The van der Waals surface area contributed by atoms with Gasteiger partial charge in [-0.15, -0.1) is 0 Å². The molecule has 0 spiro atoms. The molecular formula is C40H60F3N3O19. The smallest absolute Gasteiger partial charge is 0.463 e. The van der Waals surface area contributed by atoms with Gasteiger partial charge < -0.3 is 68.1 Å². The Labute approximate surface area is 373 Å². The first-order chi connectivity index (χ1) is 30.3. The summed E-state index contributed by atoms with van der Waals surface area (Å²) in [6.45, 7) is 11.1. The fraction of sp³-hybridized carbons (Fsp3) is 0.800. The topological polar surface area (TPSA) is 274 Å². The van der Waals surface area contributed by atoms with Crippen LogP contribution in [0.25, 0.3) is 0 Å². The number of hydrogen-bond acceptors (Lipinski definition) is 19. The highest BCUT2D eigenvalue weighted by Gasteiger charge is 2.55.